The summed E-state index contributed by atoms with van der Waals surface area (Å²) in [5, 5.41) is 38.6. The van der Waals surface area contributed by atoms with Crippen molar-refractivity contribution in [2.75, 3.05) is 0 Å². The van der Waals surface area contributed by atoms with Crippen LogP contribution < -0.4 is 36.3 Å². The second kappa shape index (κ2) is 24.4. The second-order valence-corrected chi connectivity index (χ2v) is 18.0. The molecule has 348 valence electrons. The van der Waals surface area contributed by atoms with Crippen LogP contribution in [0.4, 0.5) is 0 Å². The van der Waals surface area contributed by atoms with Crippen molar-refractivity contribution in [1.29, 1.82) is 0 Å². The quantitative estimate of drug-likeness (QED) is 0.0541. The average molecular weight is 925 g/mol. The van der Waals surface area contributed by atoms with Crippen molar-refractivity contribution in [3.05, 3.63) is 129 Å². The summed E-state index contributed by atoms with van der Waals surface area (Å²) in [5.74, 6) is -2.07. The van der Waals surface area contributed by atoms with E-state index in [1.54, 1.807) is 12.2 Å². The Kier molecular flexibility index (Phi) is 19.8. The topological polar surface area (TPSA) is 168 Å². The van der Waals surface area contributed by atoms with Gasteiger partial charge < -0.3 is 35.6 Å². The van der Waals surface area contributed by atoms with Gasteiger partial charge in [-0.1, -0.05) is 113 Å². The number of aliphatic hydroxyl groups is 1. The fraction of sp³-hybridized carbons (Fsp3) is 0.463. The molecule has 5 rings (SSSR count). The summed E-state index contributed by atoms with van der Waals surface area (Å²) in [5.41, 5.74) is 12.4. The van der Waals surface area contributed by atoms with Crippen LogP contribution in [-0.2, 0) is 39.5 Å². The van der Waals surface area contributed by atoms with Gasteiger partial charge in [0, 0.05) is 18.4 Å². The van der Waals surface area contributed by atoms with Gasteiger partial charge in [0.15, 0.2) is 0 Å². The molecule has 0 saturated heterocycles. The predicted molar refractivity (Wildman–Crippen MR) is 257 cm³/mol. The number of hydrogen-bond donors (Lipinski definition) is 3. The van der Waals surface area contributed by atoms with Crippen molar-refractivity contribution < 1.29 is 46.8 Å². The maximum absolute atomic E-state index is 12.8. The number of carbonyl (C=O) groups is 3. The largest absolute Gasteiger partial charge is 4.00 e. The summed E-state index contributed by atoms with van der Waals surface area (Å²) in [6, 6.07) is -0.344. The molecule has 2 aliphatic heterocycles. The van der Waals surface area contributed by atoms with Crippen LogP contribution in [-0.4, -0.2) is 39.6 Å². The Morgan fingerprint density at radius 3 is 1.85 bits per heavy atom. The number of nitrogens with zero attached hydrogens (tertiary/aromatic N) is 4. The molecular formula is C54H68FeN4O6. The van der Waals surface area contributed by atoms with Gasteiger partial charge in [0.2, 0.25) is 0 Å². The first kappa shape index (κ1) is 52.5. The zero-order valence-corrected chi connectivity index (χ0v) is 40.9. The maximum atomic E-state index is 12.8. The summed E-state index contributed by atoms with van der Waals surface area (Å²) >= 11 is 0. The Morgan fingerprint density at radius 2 is 1.26 bits per heavy atom. The van der Waals surface area contributed by atoms with Crippen LogP contribution in [0, 0.1) is 19.8 Å². The minimum Gasteiger partial charge on any atom is -0.678 e. The third-order valence-corrected chi connectivity index (χ3v) is 12.8. The van der Waals surface area contributed by atoms with E-state index in [2.05, 4.69) is 65.8 Å². The Bertz CT molecular complexity index is 2620. The van der Waals surface area contributed by atoms with Gasteiger partial charge in [-0.3, -0.25) is 14.4 Å². The minimum atomic E-state index is -1.01. The zero-order chi connectivity index (χ0) is 46.7. The molecule has 3 aromatic heterocycles. The van der Waals surface area contributed by atoms with Crippen LogP contribution in [0.3, 0.4) is 0 Å². The van der Waals surface area contributed by atoms with Crippen LogP contribution in [0.2, 0.25) is 0 Å². The van der Waals surface area contributed by atoms with E-state index in [1.807, 2.05) is 32.9 Å². The molecule has 0 radical (unpaired) electrons. The van der Waals surface area contributed by atoms with E-state index in [0.717, 1.165) is 77.9 Å². The molecule has 65 heavy (non-hydrogen) atoms. The summed E-state index contributed by atoms with van der Waals surface area (Å²) in [6.45, 7) is 19.0. The first-order valence-corrected chi connectivity index (χ1v) is 23.0. The third-order valence-electron chi connectivity index (χ3n) is 12.8. The van der Waals surface area contributed by atoms with Crippen LogP contribution in [0.25, 0.3) is 29.6 Å². The average Bonchev–Trinajstić information content (AvgIpc) is 3.91. The molecule has 8 bridgehead atoms. The number of aromatic nitrogens is 3. The number of hydrogen-bond acceptors (Lipinski definition) is 4. The Hall–Kier alpha value is -5.09. The molecular weight excluding hydrogens is 856 g/mol. The van der Waals surface area contributed by atoms with Crippen molar-refractivity contribution >= 4 is 42.5 Å². The summed E-state index contributed by atoms with van der Waals surface area (Å²) in [7, 11) is 0. The smallest absolute Gasteiger partial charge is 0.678 e. The maximum Gasteiger partial charge on any atom is 4.00 e. The standard InChI is InChI=1S/C54H68N4O6.Fe/c1-10-39-36(7)44-29-50-54(51(60)22-14-21-35(6)20-13-19-34(5)18-12-17-33(4)16-11-15-32(2)3)38(9)45(57-50)28-49-42(31-59)41(24-26-53(63)64)48(58-49)30-47-40(23-25-52(61)62)37(8)43(56-47)27-46(39)55-44;/h15,17,19,21,27-31,37,43,51,60H,10-14,16,18,20,22-26H2,1-9H3,(H,61,62)(H,63,64);/q-4;+4/b33-17+,34-19+,35-21+,44-29-,46-27-,48-30-,49-28-;/t37-,43?,51-;/m0./s1. The van der Waals surface area contributed by atoms with Crippen LogP contribution in [0.1, 0.15) is 175 Å². The summed E-state index contributed by atoms with van der Waals surface area (Å²) in [4.78, 5) is 51.5. The fourth-order valence-electron chi connectivity index (χ4n) is 8.91. The molecule has 0 aromatic carbocycles. The number of rotatable bonds is 21. The van der Waals surface area contributed by atoms with Crippen LogP contribution in [0.15, 0.2) is 57.9 Å². The van der Waals surface area contributed by atoms with Gasteiger partial charge in [-0.05, 0) is 131 Å². The molecule has 3 atom stereocenters. The van der Waals surface area contributed by atoms with E-state index >= 15 is 0 Å². The van der Waals surface area contributed by atoms with E-state index in [-0.39, 0.29) is 60.3 Å². The van der Waals surface area contributed by atoms with E-state index in [1.165, 1.54) is 22.3 Å². The van der Waals surface area contributed by atoms with Crippen molar-refractivity contribution in [3.63, 3.8) is 0 Å². The number of aliphatic hydroxyl groups excluding tert-OH is 1. The Morgan fingerprint density at radius 1 is 0.692 bits per heavy atom. The summed E-state index contributed by atoms with van der Waals surface area (Å²) < 4.78 is 0. The first-order valence-electron chi connectivity index (χ1n) is 23.0. The third kappa shape index (κ3) is 14.0. The monoisotopic (exact) mass is 924 g/mol. The number of allylic oxidation sites excluding steroid dienone is 9. The fourth-order valence-corrected chi connectivity index (χ4v) is 8.91. The van der Waals surface area contributed by atoms with Crippen molar-refractivity contribution in [2.45, 2.75) is 158 Å². The van der Waals surface area contributed by atoms with Crippen molar-refractivity contribution in [2.24, 2.45) is 5.92 Å². The number of aliphatic carboxylic acids is 2. The molecule has 2 aliphatic rings. The number of carboxylic acid groups (broad SMARTS) is 2. The van der Waals surface area contributed by atoms with Crippen LogP contribution in [0.5, 0.6) is 0 Å². The van der Waals surface area contributed by atoms with E-state index in [9.17, 15) is 29.7 Å². The molecule has 3 aromatic rings. The van der Waals surface area contributed by atoms with Gasteiger partial charge in [-0.25, -0.2) is 0 Å². The molecule has 11 heteroatoms. The molecule has 0 aliphatic carbocycles. The minimum absolute atomic E-state index is 0. The van der Waals surface area contributed by atoms with Gasteiger partial charge in [-0.2, -0.15) is 0 Å². The van der Waals surface area contributed by atoms with Gasteiger partial charge >= 0.3 is 29.0 Å². The Labute approximate surface area is 395 Å². The van der Waals surface area contributed by atoms with Gasteiger partial charge in [0.05, 0.1) is 6.10 Å². The molecule has 1 unspecified atom stereocenters. The van der Waals surface area contributed by atoms with E-state index in [4.69, 9.17) is 20.3 Å². The van der Waals surface area contributed by atoms with E-state index < -0.39 is 18.0 Å². The number of aldehydes is 1. The first-order chi connectivity index (χ1) is 30.5. The van der Waals surface area contributed by atoms with Gasteiger partial charge in [0.1, 0.15) is 6.29 Å². The van der Waals surface area contributed by atoms with Crippen LogP contribution >= 0.6 is 0 Å². The SMILES string of the molecule is CCc1c(C)/c2[n-]/c1=C\C1[N-]C(=C(CCC(=O)O)[C@@H]1C)/C=c1\[n-]/c(c(C=O)c1CCC(=O)O)=C\c1[n-]c(c([C@@H](O)CC/C=C(\C)CC/C=C(\C)CC/C=C(\C)CCC=C(C)C)c1C)\C=2.[Fe+4]. The molecule has 0 saturated carbocycles. The zero-order valence-electron chi connectivity index (χ0n) is 39.8. The van der Waals surface area contributed by atoms with Crippen molar-refractivity contribution in [3.8, 4) is 0 Å². The molecule has 0 fully saturated rings. The number of carbonyl (C=O) groups excluding carboxylic acids is 1. The second-order valence-electron chi connectivity index (χ2n) is 18.0. The normalized spacial score (nSPS) is 18.8. The molecule has 3 N–H and O–H groups in total. The van der Waals surface area contributed by atoms with Crippen molar-refractivity contribution in [1.82, 2.24) is 15.0 Å². The van der Waals surface area contributed by atoms with E-state index in [0.29, 0.717) is 58.0 Å². The van der Waals surface area contributed by atoms with Gasteiger partial charge in [0.25, 0.3) is 0 Å². The predicted octanol–water partition coefficient (Wildman–Crippen LogP) is 8.27. The molecule has 0 amide bonds. The number of carboxylic acids is 2. The molecule has 10 nitrogen and oxygen atoms in total. The molecule has 0 spiro atoms. The number of fused-ring (bicyclic) bond motifs is 8. The van der Waals surface area contributed by atoms with Gasteiger partial charge in [-0.15, -0.1) is 44.6 Å². The Balaban J connectivity index is 0.00000925. The molecule has 5 heterocycles. The summed E-state index contributed by atoms with van der Waals surface area (Å²) in [6.07, 6.45) is 24.8.